The Labute approximate surface area is 116 Å². The van der Waals surface area contributed by atoms with E-state index in [0.717, 1.165) is 24.8 Å². The van der Waals surface area contributed by atoms with Crippen LogP contribution in [0.2, 0.25) is 0 Å². The van der Waals surface area contributed by atoms with Crippen molar-refractivity contribution >= 4 is 0 Å². The van der Waals surface area contributed by atoms with Crippen LogP contribution < -0.4 is 10.1 Å². The van der Waals surface area contributed by atoms with E-state index in [4.69, 9.17) is 9.47 Å². The summed E-state index contributed by atoms with van der Waals surface area (Å²) in [7, 11) is 1.69. The van der Waals surface area contributed by atoms with Crippen LogP contribution in [0.5, 0.6) is 5.75 Å². The molecule has 1 aromatic rings. The van der Waals surface area contributed by atoms with Crippen LogP contribution in [0.25, 0.3) is 0 Å². The lowest BCUT2D eigenvalue weighted by Gasteiger charge is -2.18. The summed E-state index contributed by atoms with van der Waals surface area (Å²) in [4.78, 5) is 0. The molecule has 19 heavy (non-hydrogen) atoms. The molecule has 0 bridgehead atoms. The van der Waals surface area contributed by atoms with Gasteiger partial charge in [-0.05, 0) is 37.0 Å². The third-order valence-corrected chi connectivity index (χ3v) is 3.47. The smallest absolute Gasteiger partial charge is 0.118 e. The van der Waals surface area contributed by atoms with Gasteiger partial charge in [0, 0.05) is 12.6 Å². The third-order valence-electron chi connectivity index (χ3n) is 3.47. The number of rotatable bonds is 9. The third kappa shape index (κ3) is 5.21. The zero-order valence-corrected chi connectivity index (χ0v) is 12.0. The van der Waals surface area contributed by atoms with Gasteiger partial charge in [0.15, 0.2) is 0 Å². The van der Waals surface area contributed by atoms with E-state index >= 15 is 0 Å². The van der Waals surface area contributed by atoms with Crippen molar-refractivity contribution in [1.29, 1.82) is 0 Å². The average Bonchev–Trinajstić information content (AvgIpc) is 3.26. The van der Waals surface area contributed by atoms with Crippen LogP contribution in [-0.4, -0.2) is 25.8 Å². The molecule has 0 aromatic heterocycles. The van der Waals surface area contributed by atoms with Gasteiger partial charge in [0.05, 0.1) is 19.8 Å². The maximum absolute atomic E-state index is 6.02. The predicted octanol–water partition coefficient (Wildman–Crippen LogP) is 3.13. The minimum Gasteiger partial charge on any atom is -0.497 e. The van der Waals surface area contributed by atoms with Crippen molar-refractivity contribution in [2.45, 2.75) is 51.4 Å². The summed E-state index contributed by atoms with van der Waals surface area (Å²) in [6.45, 7) is 3.87. The van der Waals surface area contributed by atoms with Gasteiger partial charge in [0.2, 0.25) is 0 Å². The predicted molar refractivity (Wildman–Crippen MR) is 77.5 cm³/mol. The standard InChI is InChI=1S/C16H25NO2/c1-3-4-16(11-17-14-7-8-14)19-12-13-5-9-15(18-2)10-6-13/h5-6,9-10,14,16-17H,3-4,7-8,11-12H2,1-2H3. The zero-order chi connectivity index (χ0) is 13.5. The summed E-state index contributed by atoms with van der Waals surface area (Å²) >= 11 is 0. The van der Waals surface area contributed by atoms with E-state index in [0.29, 0.717) is 12.7 Å². The monoisotopic (exact) mass is 263 g/mol. The van der Waals surface area contributed by atoms with Gasteiger partial charge in [-0.3, -0.25) is 0 Å². The maximum Gasteiger partial charge on any atom is 0.118 e. The molecule has 1 saturated carbocycles. The Morgan fingerprint density at radius 3 is 2.58 bits per heavy atom. The number of nitrogens with one attached hydrogen (secondary N) is 1. The zero-order valence-electron chi connectivity index (χ0n) is 12.0. The summed E-state index contributed by atoms with van der Waals surface area (Å²) in [6.07, 6.45) is 5.28. The molecule has 1 aliphatic carbocycles. The minimum absolute atomic E-state index is 0.327. The first-order valence-electron chi connectivity index (χ1n) is 7.29. The Morgan fingerprint density at radius 2 is 2.00 bits per heavy atom. The van der Waals surface area contributed by atoms with Crippen molar-refractivity contribution in [3.8, 4) is 5.75 Å². The molecular formula is C16H25NO2. The number of hydrogen-bond donors (Lipinski definition) is 1. The fourth-order valence-electron chi connectivity index (χ4n) is 2.09. The summed E-state index contributed by atoms with van der Waals surface area (Å²) in [6, 6.07) is 8.85. The highest BCUT2D eigenvalue weighted by atomic mass is 16.5. The Balaban J connectivity index is 1.75. The van der Waals surface area contributed by atoms with Gasteiger partial charge < -0.3 is 14.8 Å². The molecule has 0 spiro atoms. The molecule has 1 aromatic carbocycles. The molecule has 1 N–H and O–H groups in total. The van der Waals surface area contributed by atoms with E-state index in [1.54, 1.807) is 7.11 Å². The topological polar surface area (TPSA) is 30.5 Å². The first-order valence-corrected chi connectivity index (χ1v) is 7.29. The van der Waals surface area contributed by atoms with Crippen LogP contribution in [0.1, 0.15) is 38.2 Å². The maximum atomic E-state index is 6.02. The van der Waals surface area contributed by atoms with E-state index in [-0.39, 0.29) is 0 Å². The van der Waals surface area contributed by atoms with E-state index < -0.39 is 0 Å². The van der Waals surface area contributed by atoms with Gasteiger partial charge >= 0.3 is 0 Å². The van der Waals surface area contributed by atoms with Crippen LogP contribution in [-0.2, 0) is 11.3 Å². The molecule has 0 aliphatic heterocycles. The molecule has 0 saturated heterocycles. The van der Waals surface area contributed by atoms with Crippen LogP contribution in [0.15, 0.2) is 24.3 Å². The van der Waals surface area contributed by atoms with Crippen LogP contribution in [0.4, 0.5) is 0 Å². The summed E-state index contributed by atoms with van der Waals surface area (Å²) < 4.78 is 11.2. The van der Waals surface area contributed by atoms with Gasteiger partial charge in [-0.25, -0.2) is 0 Å². The summed E-state index contributed by atoms with van der Waals surface area (Å²) in [5, 5.41) is 3.55. The Hall–Kier alpha value is -1.06. The highest BCUT2D eigenvalue weighted by Crippen LogP contribution is 2.19. The van der Waals surface area contributed by atoms with Crippen molar-refractivity contribution in [1.82, 2.24) is 5.32 Å². The molecule has 106 valence electrons. The van der Waals surface area contributed by atoms with E-state index in [9.17, 15) is 0 Å². The fourth-order valence-corrected chi connectivity index (χ4v) is 2.09. The van der Waals surface area contributed by atoms with Gasteiger partial charge in [-0.1, -0.05) is 25.5 Å². The molecule has 0 amide bonds. The average molecular weight is 263 g/mol. The quantitative estimate of drug-likeness (QED) is 0.742. The number of ether oxygens (including phenoxy) is 2. The highest BCUT2D eigenvalue weighted by molar-refractivity contribution is 5.26. The van der Waals surface area contributed by atoms with Gasteiger partial charge in [-0.2, -0.15) is 0 Å². The van der Waals surface area contributed by atoms with Crippen molar-refractivity contribution in [3.63, 3.8) is 0 Å². The molecular weight excluding hydrogens is 238 g/mol. The summed E-state index contributed by atoms with van der Waals surface area (Å²) in [5.74, 6) is 0.893. The lowest BCUT2D eigenvalue weighted by molar-refractivity contribution is 0.0345. The van der Waals surface area contributed by atoms with Gasteiger partial charge in [-0.15, -0.1) is 0 Å². The van der Waals surface area contributed by atoms with Crippen molar-refractivity contribution < 1.29 is 9.47 Å². The SMILES string of the molecule is CCCC(CNC1CC1)OCc1ccc(OC)cc1. The van der Waals surface area contributed by atoms with E-state index in [1.165, 1.54) is 24.8 Å². The highest BCUT2D eigenvalue weighted by Gasteiger charge is 2.21. The van der Waals surface area contributed by atoms with Crippen LogP contribution >= 0.6 is 0 Å². The second-order valence-corrected chi connectivity index (χ2v) is 5.25. The van der Waals surface area contributed by atoms with Gasteiger partial charge in [0.25, 0.3) is 0 Å². The number of hydrogen-bond acceptors (Lipinski definition) is 3. The van der Waals surface area contributed by atoms with Crippen molar-refractivity contribution in [2.75, 3.05) is 13.7 Å². The Morgan fingerprint density at radius 1 is 1.26 bits per heavy atom. The molecule has 1 atom stereocenters. The molecule has 1 unspecified atom stereocenters. The first-order chi connectivity index (χ1) is 9.31. The van der Waals surface area contributed by atoms with Crippen molar-refractivity contribution in [3.05, 3.63) is 29.8 Å². The van der Waals surface area contributed by atoms with Crippen LogP contribution in [0, 0.1) is 0 Å². The molecule has 1 fully saturated rings. The molecule has 3 heteroatoms. The van der Waals surface area contributed by atoms with E-state index in [1.807, 2.05) is 12.1 Å². The molecule has 3 nitrogen and oxygen atoms in total. The minimum atomic E-state index is 0.327. The Kier molecular flexibility index (Phi) is 5.67. The molecule has 0 radical (unpaired) electrons. The lowest BCUT2D eigenvalue weighted by Crippen LogP contribution is -2.30. The molecule has 1 aliphatic rings. The second-order valence-electron chi connectivity index (χ2n) is 5.25. The second kappa shape index (κ2) is 7.51. The number of methoxy groups -OCH3 is 1. The van der Waals surface area contributed by atoms with Crippen LogP contribution in [0.3, 0.4) is 0 Å². The number of benzene rings is 1. The lowest BCUT2D eigenvalue weighted by atomic mass is 10.2. The summed E-state index contributed by atoms with van der Waals surface area (Å²) in [5.41, 5.74) is 1.20. The first kappa shape index (κ1) is 14.4. The molecule has 0 heterocycles. The normalized spacial score (nSPS) is 16.3. The van der Waals surface area contributed by atoms with Gasteiger partial charge in [0.1, 0.15) is 5.75 Å². The van der Waals surface area contributed by atoms with Crippen molar-refractivity contribution in [2.24, 2.45) is 0 Å². The largest absolute Gasteiger partial charge is 0.497 e. The van der Waals surface area contributed by atoms with E-state index in [2.05, 4.69) is 24.4 Å². The Bertz CT molecular complexity index is 360. The fraction of sp³-hybridized carbons (Fsp3) is 0.625. The molecule has 2 rings (SSSR count).